The summed E-state index contributed by atoms with van der Waals surface area (Å²) in [5.41, 5.74) is 0.528. The van der Waals surface area contributed by atoms with Crippen molar-refractivity contribution in [3.05, 3.63) is 24.0 Å². The van der Waals surface area contributed by atoms with E-state index in [-0.39, 0.29) is 18.5 Å². The van der Waals surface area contributed by atoms with E-state index in [1.54, 1.807) is 34.8 Å². The maximum Gasteiger partial charge on any atom is 0.242 e. The highest BCUT2D eigenvalue weighted by Crippen LogP contribution is 2.02. The average Bonchev–Trinajstić information content (AvgIpc) is 2.63. The van der Waals surface area contributed by atoms with Crippen molar-refractivity contribution in [1.82, 2.24) is 9.47 Å². The lowest BCUT2D eigenvalue weighted by molar-refractivity contribution is -0.131. The van der Waals surface area contributed by atoms with E-state index in [0.29, 0.717) is 5.69 Å². The third-order valence-electron chi connectivity index (χ3n) is 2.46. The van der Waals surface area contributed by atoms with Gasteiger partial charge >= 0.3 is 0 Å². The van der Waals surface area contributed by atoms with Crippen LogP contribution in [-0.2, 0) is 11.3 Å². The van der Waals surface area contributed by atoms with Crippen LogP contribution >= 0.6 is 0 Å². The first-order valence-electron chi connectivity index (χ1n) is 4.92. The van der Waals surface area contributed by atoms with Crippen molar-refractivity contribution >= 4 is 12.2 Å². The minimum atomic E-state index is 0.00398. The molecule has 0 fully saturated rings. The van der Waals surface area contributed by atoms with E-state index in [0.717, 1.165) is 6.29 Å². The van der Waals surface area contributed by atoms with Crippen LogP contribution in [0, 0.1) is 0 Å². The smallest absolute Gasteiger partial charge is 0.242 e. The van der Waals surface area contributed by atoms with Gasteiger partial charge in [-0.25, -0.2) is 0 Å². The Balaban J connectivity index is 2.70. The maximum absolute atomic E-state index is 11.7. The molecule has 0 radical (unpaired) electrons. The highest BCUT2D eigenvalue weighted by molar-refractivity contribution is 5.78. The van der Waals surface area contributed by atoms with Crippen LogP contribution < -0.4 is 0 Å². The Morgan fingerprint density at radius 1 is 1.60 bits per heavy atom. The highest BCUT2D eigenvalue weighted by atomic mass is 16.2. The van der Waals surface area contributed by atoms with Crippen LogP contribution in [-0.4, -0.2) is 34.7 Å². The molecule has 1 rings (SSSR count). The molecule has 1 aromatic rings. The van der Waals surface area contributed by atoms with Crippen LogP contribution in [0.15, 0.2) is 18.3 Å². The molecule has 0 N–H and O–H groups in total. The van der Waals surface area contributed by atoms with Gasteiger partial charge in [-0.05, 0) is 26.0 Å². The van der Waals surface area contributed by atoms with E-state index in [2.05, 4.69) is 0 Å². The molecule has 4 nitrogen and oxygen atoms in total. The van der Waals surface area contributed by atoms with Gasteiger partial charge in [0, 0.05) is 19.3 Å². The van der Waals surface area contributed by atoms with Crippen molar-refractivity contribution in [1.29, 1.82) is 0 Å². The van der Waals surface area contributed by atoms with Gasteiger partial charge in [0.15, 0.2) is 6.29 Å². The lowest BCUT2D eigenvalue weighted by atomic mass is 10.3. The van der Waals surface area contributed by atoms with E-state index >= 15 is 0 Å². The van der Waals surface area contributed by atoms with Gasteiger partial charge in [-0.15, -0.1) is 0 Å². The maximum atomic E-state index is 11.7. The Hall–Kier alpha value is -1.58. The average molecular weight is 208 g/mol. The number of aldehydes is 1. The van der Waals surface area contributed by atoms with Crippen LogP contribution in [0.5, 0.6) is 0 Å². The number of aromatic nitrogens is 1. The van der Waals surface area contributed by atoms with E-state index in [1.165, 1.54) is 0 Å². The zero-order valence-corrected chi connectivity index (χ0v) is 9.30. The van der Waals surface area contributed by atoms with Crippen molar-refractivity contribution in [3.8, 4) is 0 Å². The Morgan fingerprint density at radius 2 is 2.27 bits per heavy atom. The van der Waals surface area contributed by atoms with Crippen LogP contribution in [0.1, 0.15) is 24.3 Å². The molecule has 0 aliphatic rings. The predicted molar refractivity (Wildman–Crippen MR) is 57.7 cm³/mol. The summed E-state index contributed by atoms with van der Waals surface area (Å²) in [7, 11) is 1.76. The van der Waals surface area contributed by atoms with E-state index in [1.807, 2.05) is 13.8 Å². The van der Waals surface area contributed by atoms with Crippen LogP contribution in [0.2, 0.25) is 0 Å². The van der Waals surface area contributed by atoms with E-state index < -0.39 is 0 Å². The minimum Gasteiger partial charge on any atom is -0.342 e. The lowest BCUT2D eigenvalue weighted by Gasteiger charge is -2.21. The summed E-state index contributed by atoms with van der Waals surface area (Å²) in [6, 6.07) is 3.62. The Kier molecular flexibility index (Phi) is 3.66. The third kappa shape index (κ3) is 2.68. The van der Waals surface area contributed by atoms with Gasteiger partial charge in [0.05, 0.1) is 5.69 Å². The molecule has 0 aromatic carbocycles. The molecule has 1 aromatic heterocycles. The first-order chi connectivity index (χ1) is 7.06. The van der Waals surface area contributed by atoms with Crippen molar-refractivity contribution in [2.45, 2.75) is 26.4 Å². The van der Waals surface area contributed by atoms with Crippen molar-refractivity contribution in [2.75, 3.05) is 7.05 Å². The summed E-state index contributed by atoms with van der Waals surface area (Å²) in [6.07, 6.45) is 2.48. The Bertz CT molecular complexity index is 355. The Morgan fingerprint density at radius 3 is 2.80 bits per heavy atom. The molecular weight excluding hydrogens is 192 g/mol. The summed E-state index contributed by atoms with van der Waals surface area (Å²) >= 11 is 0. The fourth-order valence-electron chi connectivity index (χ4n) is 1.22. The molecule has 0 saturated heterocycles. The monoisotopic (exact) mass is 208 g/mol. The van der Waals surface area contributed by atoms with Gasteiger partial charge in [0.1, 0.15) is 6.54 Å². The zero-order valence-electron chi connectivity index (χ0n) is 9.30. The summed E-state index contributed by atoms with van der Waals surface area (Å²) < 4.78 is 1.65. The van der Waals surface area contributed by atoms with Gasteiger partial charge in [0.2, 0.25) is 5.91 Å². The molecule has 0 atom stereocenters. The van der Waals surface area contributed by atoms with Gasteiger partial charge in [-0.3, -0.25) is 9.59 Å². The second kappa shape index (κ2) is 4.77. The number of amides is 1. The summed E-state index contributed by atoms with van der Waals surface area (Å²) in [6.45, 7) is 4.12. The molecule has 82 valence electrons. The Labute approximate surface area is 89.5 Å². The molecule has 0 aliphatic carbocycles. The van der Waals surface area contributed by atoms with Gasteiger partial charge < -0.3 is 9.47 Å². The molecule has 1 heterocycles. The van der Waals surface area contributed by atoms with Crippen molar-refractivity contribution in [3.63, 3.8) is 0 Å². The fraction of sp³-hybridized carbons (Fsp3) is 0.455. The standard InChI is InChI=1S/C11H16N2O2/c1-9(2)12(3)11(15)7-13-6-4-5-10(13)8-14/h4-6,8-9H,7H2,1-3H3. The molecule has 0 bridgehead atoms. The third-order valence-corrected chi connectivity index (χ3v) is 2.46. The largest absolute Gasteiger partial charge is 0.342 e. The second-order valence-electron chi connectivity index (χ2n) is 3.78. The molecule has 15 heavy (non-hydrogen) atoms. The number of carbonyl (C=O) groups excluding carboxylic acids is 2. The normalized spacial score (nSPS) is 10.4. The number of likely N-dealkylation sites (N-methyl/N-ethyl adjacent to an activating group) is 1. The number of rotatable bonds is 4. The van der Waals surface area contributed by atoms with Gasteiger partial charge in [0.25, 0.3) is 0 Å². The molecule has 0 saturated carbocycles. The van der Waals surface area contributed by atoms with Crippen molar-refractivity contribution < 1.29 is 9.59 Å². The van der Waals surface area contributed by atoms with Gasteiger partial charge in [-0.2, -0.15) is 0 Å². The first-order valence-corrected chi connectivity index (χ1v) is 4.92. The quantitative estimate of drug-likeness (QED) is 0.697. The molecule has 0 spiro atoms. The topological polar surface area (TPSA) is 42.3 Å². The van der Waals surface area contributed by atoms with Crippen LogP contribution in [0.4, 0.5) is 0 Å². The first kappa shape index (κ1) is 11.5. The number of carbonyl (C=O) groups is 2. The summed E-state index contributed by atoms with van der Waals surface area (Å²) in [5.74, 6) is 0.00398. The molecule has 0 aliphatic heterocycles. The number of hydrogen-bond acceptors (Lipinski definition) is 2. The second-order valence-corrected chi connectivity index (χ2v) is 3.78. The zero-order chi connectivity index (χ0) is 11.4. The minimum absolute atomic E-state index is 0.00398. The van der Waals surface area contributed by atoms with E-state index in [9.17, 15) is 9.59 Å². The number of hydrogen-bond donors (Lipinski definition) is 0. The molecular formula is C11H16N2O2. The fourth-order valence-corrected chi connectivity index (χ4v) is 1.22. The van der Waals surface area contributed by atoms with E-state index in [4.69, 9.17) is 0 Å². The molecule has 1 amide bonds. The molecule has 0 unspecified atom stereocenters. The number of nitrogens with zero attached hydrogens (tertiary/aromatic N) is 2. The SMILES string of the molecule is CC(C)N(C)C(=O)Cn1cccc1C=O. The van der Waals surface area contributed by atoms with Crippen LogP contribution in [0.25, 0.3) is 0 Å². The lowest BCUT2D eigenvalue weighted by Crippen LogP contribution is -2.35. The summed E-state index contributed by atoms with van der Waals surface area (Å²) in [5, 5.41) is 0. The summed E-state index contributed by atoms with van der Waals surface area (Å²) in [4.78, 5) is 24.0. The van der Waals surface area contributed by atoms with Crippen LogP contribution in [0.3, 0.4) is 0 Å². The van der Waals surface area contributed by atoms with Gasteiger partial charge in [-0.1, -0.05) is 0 Å². The highest BCUT2D eigenvalue weighted by Gasteiger charge is 2.13. The molecule has 4 heteroatoms. The van der Waals surface area contributed by atoms with Crippen molar-refractivity contribution in [2.24, 2.45) is 0 Å². The predicted octanol–water partition coefficient (Wildman–Crippen LogP) is 1.17.